The third-order valence-corrected chi connectivity index (χ3v) is 1.08. The summed E-state index contributed by atoms with van der Waals surface area (Å²) in [7, 11) is 6.31. The van der Waals surface area contributed by atoms with Crippen LogP contribution < -0.4 is 0 Å². The Kier molecular flexibility index (Phi) is 9.01. The highest BCUT2D eigenvalue weighted by Crippen LogP contribution is 1.92. The lowest BCUT2D eigenvalue weighted by Gasteiger charge is -2.12. The van der Waals surface area contributed by atoms with Crippen molar-refractivity contribution < 1.29 is 24.4 Å². The van der Waals surface area contributed by atoms with E-state index < -0.39 is 6.29 Å². The third-order valence-electron chi connectivity index (χ3n) is 1.08. The molecule has 0 aliphatic heterocycles. The number of methoxy groups -OCH3 is 1. The lowest BCUT2D eigenvalue weighted by atomic mass is 10.5. The van der Waals surface area contributed by atoms with Crippen LogP contribution in [0.1, 0.15) is 0 Å². The van der Waals surface area contributed by atoms with E-state index in [9.17, 15) is 0 Å². The first-order valence-corrected chi connectivity index (χ1v) is 3.59. The molecule has 1 N–H and O–H groups in total. The summed E-state index contributed by atoms with van der Waals surface area (Å²) in [4.78, 5) is 6.95. The Labute approximate surface area is 77.8 Å². The molecule has 0 saturated carbocycles. The molecule has 2 radical (unpaired) electrons. The van der Waals surface area contributed by atoms with E-state index in [1.54, 1.807) is 7.11 Å². The van der Waals surface area contributed by atoms with Crippen LogP contribution in [-0.4, -0.2) is 52.9 Å². The van der Waals surface area contributed by atoms with Gasteiger partial charge in [-0.05, 0) is 0 Å². The minimum Gasteiger partial charge on any atom is -0.451 e. The van der Waals surface area contributed by atoms with Gasteiger partial charge in [0.25, 0.3) is 14.3 Å². The Morgan fingerprint density at radius 2 is 2.31 bits per heavy atom. The first-order chi connectivity index (χ1) is 6.35. The highest BCUT2D eigenvalue weighted by molar-refractivity contribution is 6.08. The molecule has 0 rings (SSSR count). The zero-order valence-corrected chi connectivity index (χ0v) is 7.38. The quantitative estimate of drug-likeness (QED) is 0.107. The summed E-state index contributed by atoms with van der Waals surface area (Å²) in [6.07, 6.45) is 0.0183. The largest absolute Gasteiger partial charge is 0.451 e. The summed E-state index contributed by atoms with van der Waals surface area (Å²) >= 11 is 0. The second kappa shape index (κ2) is 9.46. The molecule has 74 valence electrons. The van der Waals surface area contributed by atoms with Crippen molar-refractivity contribution in [2.24, 2.45) is 4.90 Å². The fourth-order valence-corrected chi connectivity index (χ4v) is 0.519. The topological polar surface area (TPSA) is 69.5 Å². The first kappa shape index (κ1) is 12.4. The maximum Gasteiger partial charge on any atom is 0.263 e. The van der Waals surface area contributed by atoms with Crippen LogP contribution in [0, 0.1) is 0 Å². The van der Waals surface area contributed by atoms with E-state index in [0.29, 0.717) is 13.2 Å². The number of hydrogen-bond acceptors (Lipinski definition) is 6. The third kappa shape index (κ3) is 7.73. The lowest BCUT2D eigenvalue weighted by molar-refractivity contribution is -0.336. The molecule has 0 aromatic heterocycles. The number of rotatable bonds is 8. The lowest BCUT2D eigenvalue weighted by Crippen LogP contribution is -2.22. The fourth-order valence-electron chi connectivity index (χ4n) is 0.519. The molecule has 0 spiro atoms. The zero-order chi connectivity index (χ0) is 9.94. The van der Waals surface area contributed by atoms with Gasteiger partial charge in [-0.2, -0.15) is 4.89 Å². The molecule has 0 aromatic rings. The molecule has 0 aliphatic carbocycles. The predicted octanol–water partition coefficient (Wildman–Crippen LogP) is -0.407. The standard InChI is InChI=1S/C6H12BNO5/c1-10-2-3-11-4-6(13-9)12-5-8-7/h5-6,9H,2-4H2,1H3. The van der Waals surface area contributed by atoms with E-state index in [4.69, 9.17) is 22.7 Å². The van der Waals surface area contributed by atoms with Gasteiger partial charge in [0, 0.05) is 7.11 Å². The number of ether oxygens (including phenoxy) is 3. The van der Waals surface area contributed by atoms with Crippen LogP contribution in [0.15, 0.2) is 4.90 Å². The summed E-state index contributed by atoms with van der Waals surface area (Å²) in [5, 5.41) is 8.27. The van der Waals surface area contributed by atoms with E-state index in [0.717, 1.165) is 6.40 Å². The molecule has 1 atom stereocenters. The van der Waals surface area contributed by atoms with Crippen molar-refractivity contribution in [1.82, 2.24) is 0 Å². The Balaban J connectivity index is 3.36. The Morgan fingerprint density at radius 3 is 2.85 bits per heavy atom. The van der Waals surface area contributed by atoms with E-state index in [-0.39, 0.29) is 6.61 Å². The molecule has 0 heterocycles. The molecule has 0 aromatic carbocycles. The van der Waals surface area contributed by atoms with Crippen molar-refractivity contribution in [3.05, 3.63) is 0 Å². The monoisotopic (exact) mass is 189 g/mol. The number of hydrogen-bond donors (Lipinski definition) is 1. The van der Waals surface area contributed by atoms with Gasteiger partial charge >= 0.3 is 0 Å². The summed E-state index contributed by atoms with van der Waals surface area (Å²) < 4.78 is 14.4. The van der Waals surface area contributed by atoms with Crippen molar-refractivity contribution in [2.75, 3.05) is 26.9 Å². The Morgan fingerprint density at radius 1 is 1.54 bits per heavy atom. The minimum atomic E-state index is -0.927. The van der Waals surface area contributed by atoms with Crippen molar-refractivity contribution in [3.63, 3.8) is 0 Å². The summed E-state index contributed by atoms with van der Waals surface area (Å²) in [5.41, 5.74) is 0. The molecule has 0 bridgehead atoms. The molecular formula is C6H12BNO5. The maximum atomic E-state index is 8.27. The van der Waals surface area contributed by atoms with Crippen molar-refractivity contribution in [3.8, 4) is 0 Å². The van der Waals surface area contributed by atoms with Crippen LogP contribution in [0.3, 0.4) is 0 Å². The van der Waals surface area contributed by atoms with Crippen molar-refractivity contribution in [2.45, 2.75) is 6.29 Å². The van der Waals surface area contributed by atoms with Gasteiger partial charge in [-0.15, -0.1) is 0 Å². The molecule has 1 unspecified atom stereocenters. The average Bonchev–Trinajstić information content (AvgIpc) is 2.17. The fraction of sp³-hybridized carbons (Fsp3) is 0.833. The van der Waals surface area contributed by atoms with E-state index in [1.807, 2.05) is 0 Å². The van der Waals surface area contributed by atoms with E-state index in [2.05, 4.69) is 14.5 Å². The van der Waals surface area contributed by atoms with Crippen LogP contribution in [0.5, 0.6) is 0 Å². The minimum absolute atomic E-state index is 0.0614. The predicted molar refractivity (Wildman–Crippen MR) is 45.5 cm³/mol. The first-order valence-electron chi connectivity index (χ1n) is 3.59. The van der Waals surface area contributed by atoms with Gasteiger partial charge in [-0.1, -0.05) is 0 Å². The highest BCUT2D eigenvalue weighted by atomic mass is 17.1. The molecule has 0 aliphatic rings. The number of nitrogens with zero attached hydrogens (tertiary/aromatic N) is 1. The van der Waals surface area contributed by atoms with Gasteiger partial charge in [-0.25, -0.2) is 5.26 Å². The van der Waals surface area contributed by atoms with Gasteiger partial charge in [0.2, 0.25) is 0 Å². The molecule has 6 nitrogen and oxygen atoms in total. The van der Waals surface area contributed by atoms with Crippen molar-refractivity contribution >= 4 is 14.4 Å². The van der Waals surface area contributed by atoms with E-state index >= 15 is 0 Å². The zero-order valence-electron chi connectivity index (χ0n) is 7.38. The van der Waals surface area contributed by atoms with Crippen LogP contribution in [0.2, 0.25) is 0 Å². The Bertz CT molecular complexity index is 134. The molecule has 0 saturated heterocycles. The van der Waals surface area contributed by atoms with Gasteiger partial charge in [0.1, 0.15) is 6.61 Å². The van der Waals surface area contributed by atoms with Crippen LogP contribution in [-0.2, 0) is 19.1 Å². The highest BCUT2D eigenvalue weighted by Gasteiger charge is 2.07. The molecule has 7 heteroatoms. The molecule has 0 fully saturated rings. The maximum absolute atomic E-state index is 8.27. The van der Waals surface area contributed by atoms with Crippen LogP contribution >= 0.6 is 0 Å². The van der Waals surface area contributed by atoms with Gasteiger partial charge in [-0.3, -0.25) is 0 Å². The van der Waals surface area contributed by atoms with Crippen molar-refractivity contribution in [1.29, 1.82) is 0 Å². The van der Waals surface area contributed by atoms with Gasteiger partial charge in [0.15, 0.2) is 6.40 Å². The average molecular weight is 189 g/mol. The van der Waals surface area contributed by atoms with Crippen LogP contribution in [0.25, 0.3) is 0 Å². The van der Waals surface area contributed by atoms with Gasteiger partial charge < -0.3 is 19.1 Å². The van der Waals surface area contributed by atoms with Crippen LogP contribution in [0.4, 0.5) is 0 Å². The van der Waals surface area contributed by atoms with Gasteiger partial charge in [0.05, 0.1) is 13.2 Å². The normalized spacial score (nSPS) is 13.4. The van der Waals surface area contributed by atoms with E-state index in [1.165, 1.54) is 0 Å². The Hall–Kier alpha value is -0.625. The second-order valence-corrected chi connectivity index (χ2v) is 1.99. The second-order valence-electron chi connectivity index (χ2n) is 1.99. The summed E-state index contributed by atoms with van der Waals surface area (Å²) in [6.45, 7) is 0.911. The molecule has 0 amide bonds. The molecular weight excluding hydrogens is 177 g/mol. The summed E-state index contributed by atoms with van der Waals surface area (Å²) in [6, 6.07) is 0. The molecule has 13 heavy (non-hydrogen) atoms. The summed E-state index contributed by atoms with van der Waals surface area (Å²) in [5.74, 6) is 0. The SMILES string of the molecule is [B]N=COC(COCCOC)OO. The smallest absolute Gasteiger partial charge is 0.263 e.